The molecule has 3 aliphatic rings. The summed E-state index contributed by atoms with van der Waals surface area (Å²) in [6.07, 6.45) is 5.61. The molecule has 2 aromatic carbocycles. The zero-order valence-corrected chi connectivity index (χ0v) is 24.8. The molecule has 2 aromatic rings. The number of aliphatic hydroxyl groups is 1. The third kappa shape index (κ3) is 4.90. The van der Waals surface area contributed by atoms with E-state index in [0.29, 0.717) is 32.2 Å². The quantitative estimate of drug-likeness (QED) is 0.159. The zero-order valence-electron chi connectivity index (χ0n) is 22.4. The highest BCUT2D eigenvalue weighted by Gasteiger charge is 2.76. The smallest absolute Gasteiger partial charge is 0.310 e. The van der Waals surface area contributed by atoms with Gasteiger partial charge in [-0.25, -0.2) is 0 Å². The second-order valence-corrected chi connectivity index (χ2v) is 13.4. The summed E-state index contributed by atoms with van der Waals surface area (Å²) < 4.78 is 4.83. The number of carbonyl (C=O) groups is 3. The van der Waals surface area contributed by atoms with Crippen molar-refractivity contribution >= 4 is 61.9 Å². The van der Waals surface area contributed by atoms with Gasteiger partial charge < -0.3 is 19.6 Å². The first-order chi connectivity index (χ1) is 19.4. The molecule has 2 bridgehead atoms. The lowest BCUT2D eigenvalue weighted by atomic mass is 9.71. The molecule has 3 fully saturated rings. The number of nitrogens with zero attached hydrogens (tertiary/aromatic N) is 2. The van der Waals surface area contributed by atoms with Crippen LogP contribution in [0.25, 0.3) is 10.8 Å². The van der Waals surface area contributed by atoms with Crippen LogP contribution in [0.15, 0.2) is 67.8 Å². The second kappa shape index (κ2) is 12.1. The van der Waals surface area contributed by atoms with E-state index in [2.05, 4.69) is 29.1 Å². The van der Waals surface area contributed by atoms with Gasteiger partial charge in [-0.05, 0) is 48.6 Å². The number of alkyl halides is 1. The molecule has 0 aliphatic carbocycles. The van der Waals surface area contributed by atoms with Crippen molar-refractivity contribution in [1.29, 1.82) is 0 Å². The van der Waals surface area contributed by atoms with Crippen LogP contribution >= 0.6 is 27.7 Å². The Morgan fingerprint density at radius 1 is 1.18 bits per heavy atom. The second-order valence-electron chi connectivity index (χ2n) is 10.6. The monoisotopic (exact) mass is 626 g/mol. The van der Waals surface area contributed by atoms with Gasteiger partial charge >= 0.3 is 5.97 Å². The first-order valence-corrected chi connectivity index (χ1v) is 15.6. The molecule has 7 nitrogen and oxygen atoms in total. The normalized spacial score (nSPS) is 28.5. The van der Waals surface area contributed by atoms with Crippen molar-refractivity contribution in [3.63, 3.8) is 0 Å². The third-order valence-electron chi connectivity index (χ3n) is 8.29. The molecule has 2 amide bonds. The molecule has 9 heteroatoms. The van der Waals surface area contributed by atoms with Gasteiger partial charge in [0, 0.05) is 35.5 Å². The van der Waals surface area contributed by atoms with Crippen LogP contribution in [0, 0.1) is 11.8 Å². The van der Waals surface area contributed by atoms with E-state index in [4.69, 9.17) is 4.74 Å². The Morgan fingerprint density at radius 3 is 2.67 bits per heavy atom. The van der Waals surface area contributed by atoms with E-state index in [1.165, 1.54) is 0 Å². The highest BCUT2D eigenvalue weighted by atomic mass is 79.9. The minimum atomic E-state index is -0.759. The van der Waals surface area contributed by atoms with Crippen LogP contribution in [0.4, 0.5) is 5.69 Å². The standard InChI is InChI=1S/C31H35BrN2O5S/c1-3-5-17-39-30(38)24-25-28(36)34(15-8-9-16-35)27(31(25)19-23(32)26(24)40-31)29(37)33(14-4-2)22-13-12-20-10-6-7-11-21(20)18-22/h3-4,6-7,10-13,18,23-27,35H,1-2,5,8-9,14-17,19H2/t23?,24-,25-,26-,27?,31?/m0/s1. The Bertz CT molecular complexity index is 1320. The van der Waals surface area contributed by atoms with Crippen LogP contribution in [0.2, 0.25) is 0 Å². The number of aliphatic hydroxyl groups excluding tert-OH is 1. The van der Waals surface area contributed by atoms with Crippen molar-refractivity contribution in [2.45, 2.75) is 46.5 Å². The number of halogens is 1. The number of carbonyl (C=O) groups excluding carboxylic acids is 3. The molecule has 3 saturated heterocycles. The van der Waals surface area contributed by atoms with Crippen molar-refractivity contribution in [1.82, 2.24) is 4.90 Å². The predicted octanol–water partition coefficient (Wildman–Crippen LogP) is 4.72. The number of hydrogen-bond donors (Lipinski definition) is 1. The van der Waals surface area contributed by atoms with Crippen molar-refractivity contribution in [3.8, 4) is 0 Å². The van der Waals surface area contributed by atoms with Crippen molar-refractivity contribution < 1.29 is 24.2 Å². The van der Waals surface area contributed by atoms with E-state index in [1.807, 2.05) is 42.5 Å². The van der Waals surface area contributed by atoms with Gasteiger partial charge in [0.25, 0.3) is 5.91 Å². The fraction of sp³-hybridized carbons (Fsp3) is 0.452. The molecule has 3 aliphatic heterocycles. The lowest BCUT2D eigenvalue weighted by Crippen LogP contribution is -2.55. The van der Waals surface area contributed by atoms with Crippen LogP contribution in [0.3, 0.4) is 0 Å². The maximum atomic E-state index is 14.7. The van der Waals surface area contributed by atoms with Gasteiger partial charge in [-0.1, -0.05) is 58.4 Å². The third-order valence-corrected chi connectivity index (χ3v) is 11.5. The lowest BCUT2D eigenvalue weighted by molar-refractivity contribution is -0.154. The van der Waals surface area contributed by atoms with Crippen molar-refractivity contribution in [2.75, 3.05) is 31.2 Å². The van der Waals surface area contributed by atoms with E-state index in [0.717, 1.165) is 16.5 Å². The molecule has 0 radical (unpaired) electrons. The molecule has 1 N–H and O–H groups in total. The van der Waals surface area contributed by atoms with E-state index < -0.39 is 22.6 Å². The minimum Gasteiger partial charge on any atom is -0.465 e. The van der Waals surface area contributed by atoms with E-state index in [9.17, 15) is 19.5 Å². The predicted molar refractivity (Wildman–Crippen MR) is 163 cm³/mol. The Labute approximate surface area is 247 Å². The fourth-order valence-electron chi connectivity index (χ4n) is 6.60. The molecule has 6 atom stereocenters. The Hall–Kier alpha value is -2.62. The number of rotatable bonds is 12. The number of esters is 1. The first kappa shape index (κ1) is 28.9. The number of thioether (sulfide) groups is 1. The summed E-state index contributed by atoms with van der Waals surface area (Å²) in [5.74, 6) is -2.01. The Kier molecular flexibility index (Phi) is 8.73. The highest BCUT2D eigenvalue weighted by Crippen LogP contribution is 2.68. The fourth-order valence-corrected chi connectivity index (χ4v) is 10.2. The number of fused-ring (bicyclic) bond motifs is 2. The van der Waals surface area contributed by atoms with Crippen LogP contribution in [0.5, 0.6) is 0 Å². The van der Waals surface area contributed by atoms with Gasteiger partial charge in [-0.2, -0.15) is 0 Å². The number of benzene rings is 2. The molecule has 212 valence electrons. The van der Waals surface area contributed by atoms with Crippen LogP contribution in [-0.4, -0.2) is 75.0 Å². The Balaban J connectivity index is 1.54. The van der Waals surface area contributed by atoms with Crippen LogP contribution in [-0.2, 0) is 19.1 Å². The SMILES string of the molecule is C=CCCOC(=O)[C@H]1[C@H]2C(=O)N(CCCCO)C(C(=O)N(CC=C)c3ccc4ccccc4c3)C23CC(Br)[C@@H]1S3. The molecule has 0 aromatic heterocycles. The minimum absolute atomic E-state index is 0.00739. The summed E-state index contributed by atoms with van der Waals surface area (Å²) in [6, 6.07) is 13.1. The van der Waals surface area contributed by atoms with Gasteiger partial charge in [0.05, 0.1) is 23.2 Å². The molecular formula is C31H35BrN2O5S. The van der Waals surface area contributed by atoms with Gasteiger partial charge in [-0.15, -0.1) is 24.9 Å². The van der Waals surface area contributed by atoms with Gasteiger partial charge in [0.2, 0.25) is 5.91 Å². The van der Waals surface area contributed by atoms with Crippen molar-refractivity contribution in [3.05, 3.63) is 67.8 Å². The highest BCUT2D eigenvalue weighted by molar-refractivity contribution is 9.09. The summed E-state index contributed by atoms with van der Waals surface area (Å²) in [5.41, 5.74) is 0.736. The van der Waals surface area contributed by atoms with Crippen LogP contribution < -0.4 is 4.90 Å². The first-order valence-electron chi connectivity index (χ1n) is 13.8. The van der Waals surface area contributed by atoms with Gasteiger partial charge in [0.1, 0.15) is 6.04 Å². The number of likely N-dealkylation sites (tertiary alicyclic amines) is 1. The van der Waals surface area contributed by atoms with E-state index in [1.54, 1.807) is 33.7 Å². The van der Waals surface area contributed by atoms with E-state index in [-0.39, 0.29) is 47.6 Å². The molecule has 5 rings (SSSR count). The number of unbranched alkanes of at least 4 members (excludes halogenated alkanes) is 1. The van der Waals surface area contributed by atoms with Gasteiger partial charge in [0.15, 0.2) is 0 Å². The summed E-state index contributed by atoms with van der Waals surface area (Å²) in [4.78, 5) is 45.5. The summed E-state index contributed by atoms with van der Waals surface area (Å²) in [6.45, 7) is 8.44. The molecule has 3 unspecified atom stereocenters. The van der Waals surface area contributed by atoms with Crippen molar-refractivity contribution in [2.24, 2.45) is 11.8 Å². The molecule has 40 heavy (non-hydrogen) atoms. The Morgan fingerprint density at radius 2 is 1.95 bits per heavy atom. The number of ether oxygens (including phenoxy) is 1. The number of anilines is 1. The average molecular weight is 628 g/mol. The van der Waals surface area contributed by atoms with E-state index >= 15 is 0 Å². The lowest BCUT2D eigenvalue weighted by Gasteiger charge is -2.38. The van der Waals surface area contributed by atoms with Crippen LogP contribution in [0.1, 0.15) is 25.7 Å². The average Bonchev–Trinajstić information content (AvgIpc) is 3.54. The maximum absolute atomic E-state index is 14.7. The topological polar surface area (TPSA) is 87.1 Å². The molecule has 0 saturated carbocycles. The summed E-state index contributed by atoms with van der Waals surface area (Å²) >= 11 is 5.39. The molecular weight excluding hydrogens is 592 g/mol. The number of hydrogen-bond acceptors (Lipinski definition) is 6. The largest absolute Gasteiger partial charge is 0.465 e. The zero-order chi connectivity index (χ0) is 28.4. The maximum Gasteiger partial charge on any atom is 0.310 e. The molecule has 3 heterocycles. The number of amides is 2. The summed E-state index contributed by atoms with van der Waals surface area (Å²) in [5, 5.41) is 11.3. The summed E-state index contributed by atoms with van der Waals surface area (Å²) in [7, 11) is 0. The van der Waals surface area contributed by atoms with Gasteiger partial charge in [-0.3, -0.25) is 14.4 Å². The molecule has 1 spiro atoms.